The molecule has 0 radical (unpaired) electrons. The Morgan fingerprint density at radius 3 is 1.17 bits per heavy atom. The number of hydrogen-bond donors (Lipinski definition) is 2. The normalized spacial score (nSPS) is 26.7. The second-order valence-electron chi connectivity index (χ2n) is 4.03. The smallest absolute Gasteiger partial charge is 0.418 e. The number of quaternary nitrogens is 2. The van der Waals surface area contributed by atoms with Crippen LogP contribution < -0.4 is 10.4 Å². The molecule has 3 N–H and O–H groups in total. The molecule has 0 saturated carbocycles. The largest absolute Gasteiger partial charge is 0.673 e. The minimum absolute atomic E-state index is 1.08. The van der Waals surface area contributed by atoms with Crippen LogP contribution in [0.2, 0.25) is 0 Å². The fourth-order valence-corrected chi connectivity index (χ4v) is 1.82. The molecule has 18 heavy (non-hydrogen) atoms. The molecular formula is C6H14B2F8N2. The van der Waals surface area contributed by atoms with Crippen LogP contribution in [0.5, 0.6) is 0 Å². The van der Waals surface area contributed by atoms with Crippen LogP contribution in [0.25, 0.3) is 0 Å². The molecule has 0 aliphatic carbocycles. The van der Waals surface area contributed by atoms with Crippen LogP contribution in [-0.2, 0) is 0 Å². The predicted octanol–water partition coefficient (Wildman–Crippen LogP) is 0.373. The van der Waals surface area contributed by atoms with Gasteiger partial charge in [-0.2, -0.15) is 10.4 Å². The van der Waals surface area contributed by atoms with Gasteiger partial charge in [-0.05, 0) is 0 Å². The summed E-state index contributed by atoms with van der Waals surface area (Å²) in [5.74, 6) is 1.08. The third-order valence-electron chi connectivity index (χ3n) is 2.49. The fraction of sp³-hybridized carbons (Fsp3) is 1.00. The van der Waals surface area contributed by atoms with Gasteiger partial charge in [0.1, 0.15) is 19.6 Å². The van der Waals surface area contributed by atoms with Gasteiger partial charge in [0.25, 0.3) is 0 Å². The van der Waals surface area contributed by atoms with E-state index < -0.39 is 14.5 Å². The van der Waals surface area contributed by atoms with E-state index in [1.165, 1.54) is 32.5 Å². The van der Waals surface area contributed by atoms with Gasteiger partial charge in [0.15, 0.2) is 0 Å². The van der Waals surface area contributed by atoms with Crippen molar-refractivity contribution in [3.63, 3.8) is 0 Å². The number of fused-ring (bicyclic) bond motifs is 3. The van der Waals surface area contributed by atoms with Crippen LogP contribution in [0.15, 0.2) is 0 Å². The Morgan fingerprint density at radius 1 is 0.778 bits per heavy atom. The van der Waals surface area contributed by atoms with Gasteiger partial charge in [-0.3, -0.25) is 0 Å². The van der Waals surface area contributed by atoms with E-state index in [4.69, 9.17) is 0 Å². The Labute approximate surface area is 98.9 Å². The van der Waals surface area contributed by atoms with Crippen molar-refractivity contribution in [3.05, 3.63) is 0 Å². The molecule has 3 aliphatic heterocycles. The van der Waals surface area contributed by atoms with Crippen LogP contribution in [0.4, 0.5) is 34.5 Å². The third-order valence-corrected chi connectivity index (χ3v) is 2.49. The molecule has 0 aromatic carbocycles. The maximum Gasteiger partial charge on any atom is 0.673 e. The number of halogens is 8. The van der Waals surface area contributed by atoms with Crippen molar-refractivity contribution < 1.29 is 45.0 Å². The van der Waals surface area contributed by atoms with E-state index in [1.807, 2.05) is 0 Å². The molecule has 0 atom stereocenters. The molecule has 3 rings (SSSR count). The third kappa shape index (κ3) is 15.5. The van der Waals surface area contributed by atoms with Gasteiger partial charge in [0.05, 0.1) is 0 Å². The maximum absolute atomic E-state index is 9.75. The molecule has 3 saturated heterocycles. The van der Waals surface area contributed by atoms with E-state index in [-0.39, 0.29) is 0 Å². The average molecular weight is 288 g/mol. The summed E-state index contributed by atoms with van der Waals surface area (Å²) >= 11 is 0. The van der Waals surface area contributed by atoms with Crippen LogP contribution in [0.1, 0.15) is 12.8 Å². The maximum atomic E-state index is 9.75. The lowest BCUT2D eigenvalue weighted by Crippen LogP contribution is -3.49. The highest BCUT2D eigenvalue weighted by Gasteiger charge is 2.31. The summed E-state index contributed by atoms with van der Waals surface area (Å²) < 4.78 is 78.0. The van der Waals surface area contributed by atoms with Crippen LogP contribution in [0.3, 0.4) is 0 Å². The first-order chi connectivity index (χ1) is 7.95. The molecule has 3 aliphatic rings. The van der Waals surface area contributed by atoms with Crippen molar-refractivity contribution in [2.45, 2.75) is 12.8 Å². The van der Waals surface area contributed by atoms with Crippen molar-refractivity contribution in [2.24, 2.45) is 5.92 Å². The summed E-state index contributed by atoms with van der Waals surface area (Å²) in [7, 11) is -12.0. The highest BCUT2D eigenvalue weighted by atomic mass is 19.5. The fourth-order valence-electron chi connectivity index (χ4n) is 1.82. The van der Waals surface area contributed by atoms with E-state index in [2.05, 4.69) is 5.43 Å². The van der Waals surface area contributed by atoms with E-state index in [1.54, 1.807) is 5.01 Å². The van der Waals surface area contributed by atoms with Gasteiger partial charge in [0, 0.05) is 18.8 Å². The second-order valence-corrected chi connectivity index (χ2v) is 4.03. The number of nitrogens with one attached hydrogen (secondary N) is 1. The number of rotatable bonds is 0. The summed E-state index contributed by atoms with van der Waals surface area (Å²) in [6, 6.07) is 0. The Hall–Kier alpha value is -0.510. The molecule has 0 aromatic heterocycles. The Kier molecular flexibility index (Phi) is 6.97. The molecule has 0 spiro atoms. The molecule has 110 valence electrons. The van der Waals surface area contributed by atoms with Crippen molar-refractivity contribution in [2.75, 3.05) is 19.6 Å². The molecule has 0 amide bonds. The SMILES string of the molecule is C1C[NH+]2CCC1C[NH2+]2.F[B-](F)(F)F.F[B-](F)(F)F. The standard InChI is InChI=1S/C6H14N2.2BF4/c1-3-8-4-2-6(1)5-7-8;2*2-1(3,4)5/h6,8H,1-5,7H2;;/q+2;2*-1. The minimum Gasteiger partial charge on any atom is -0.418 e. The predicted molar refractivity (Wildman–Crippen MR) is 50.6 cm³/mol. The molecule has 12 heteroatoms. The number of piperidine rings is 1. The zero-order valence-corrected chi connectivity index (χ0v) is 9.37. The molecule has 3 fully saturated rings. The molecule has 0 aromatic rings. The summed E-state index contributed by atoms with van der Waals surface area (Å²) in [5.41, 5.74) is 2.46. The van der Waals surface area contributed by atoms with Gasteiger partial charge in [-0.15, -0.1) is 0 Å². The Morgan fingerprint density at radius 2 is 1.11 bits per heavy atom. The lowest BCUT2D eigenvalue weighted by Gasteiger charge is -2.32. The Balaban J connectivity index is 0.000000258. The monoisotopic (exact) mass is 288 g/mol. The van der Waals surface area contributed by atoms with Crippen molar-refractivity contribution >= 4 is 14.5 Å². The zero-order valence-electron chi connectivity index (χ0n) is 9.37. The van der Waals surface area contributed by atoms with Crippen molar-refractivity contribution in [1.29, 1.82) is 0 Å². The quantitative estimate of drug-likeness (QED) is 0.365. The van der Waals surface area contributed by atoms with Gasteiger partial charge in [-0.1, -0.05) is 0 Å². The summed E-state index contributed by atoms with van der Waals surface area (Å²) in [5, 5.41) is 1.74. The average Bonchev–Trinajstić information content (AvgIpc) is 2.15. The molecule has 0 unspecified atom stereocenters. The van der Waals surface area contributed by atoms with E-state index in [0.29, 0.717) is 0 Å². The highest BCUT2D eigenvalue weighted by molar-refractivity contribution is 6.50. The summed E-state index contributed by atoms with van der Waals surface area (Å²) in [6.45, 7) is 4.24. The van der Waals surface area contributed by atoms with Crippen LogP contribution >= 0.6 is 0 Å². The van der Waals surface area contributed by atoms with Gasteiger partial charge < -0.3 is 34.5 Å². The molecule has 2 bridgehead atoms. The lowest BCUT2D eigenvalue weighted by atomic mass is 9.96. The number of hydrogen-bond acceptors (Lipinski definition) is 0. The van der Waals surface area contributed by atoms with E-state index in [0.717, 1.165) is 5.92 Å². The Bertz CT molecular complexity index is 178. The molecular weight excluding hydrogens is 274 g/mol. The van der Waals surface area contributed by atoms with E-state index >= 15 is 0 Å². The second kappa shape index (κ2) is 7.17. The first kappa shape index (κ1) is 17.5. The van der Waals surface area contributed by atoms with Gasteiger partial charge >= 0.3 is 14.5 Å². The molecule has 2 nitrogen and oxygen atoms in total. The van der Waals surface area contributed by atoms with Crippen LogP contribution in [-0.4, -0.2) is 34.1 Å². The summed E-state index contributed by atoms with van der Waals surface area (Å²) in [6.07, 6.45) is 2.98. The van der Waals surface area contributed by atoms with Gasteiger partial charge in [0.2, 0.25) is 0 Å². The first-order valence-electron chi connectivity index (χ1n) is 5.37. The summed E-state index contributed by atoms with van der Waals surface area (Å²) in [4.78, 5) is 0. The first-order valence-corrected chi connectivity index (χ1v) is 5.37. The zero-order chi connectivity index (χ0) is 14.4. The molecule has 3 heterocycles. The van der Waals surface area contributed by atoms with Crippen molar-refractivity contribution in [3.8, 4) is 0 Å². The minimum atomic E-state index is -6.00. The highest BCUT2D eigenvalue weighted by Crippen LogP contribution is 2.07. The van der Waals surface area contributed by atoms with Crippen LogP contribution in [0, 0.1) is 5.92 Å². The lowest BCUT2D eigenvalue weighted by molar-refractivity contribution is -1.41. The van der Waals surface area contributed by atoms with Gasteiger partial charge in [-0.25, -0.2) is 0 Å². The number of nitrogens with two attached hydrogens (primary N) is 1. The van der Waals surface area contributed by atoms with E-state index in [9.17, 15) is 34.5 Å². The van der Waals surface area contributed by atoms with Crippen molar-refractivity contribution in [1.82, 2.24) is 0 Å². The topological polar surface area (TPSA) is 21.1 Å².